The maximum Gasteiger partial charge on any atom is 0.278 e. The highest BCUT2D eigenvalue weighted by atomic mass is 35.5. The second kappa shape index (κ2) is 3.86. The summed E-state index contributed by atoms with van der Waals surface area (Å²) in [5.74, 6) is 1.31. The molecule has 3 nitrogen and oxygen atoms in total. The first-order chi connectivity index (χ1) is 8.64. The largest absolute Gasteiger partial charge is 0.441 e. The first-order valence-corrected chi connectivity index (χ1v) is 6.15. The second-order valence-corrected chi connectivity index (χ2v) is 5.01. The molecule has 0 N–H and O–H groups in total. The zero-order chi connectivity index (χ0) is 12.8. The highest BCUT2D eigenvalue weighted by Gasteiger charge is 2.56. The van der Waals surface area contributed by atoms with Gasteiger partial charge in [0.15, 0.2) is 5.69 Å². The van der Waals surface area contributed by atoms with Crippen LogP contribution in [0.1, 0.15) is 24.3 Å². The van der Waals surface area contributed by atoms with Crippen LogP contribution in [0.3, 0.4) is 0 Å². The lowest BCUT2D eigenvalue weighted by Gasteiger charge is -1.96. The van der Waals surface area contributed by atoms with Crippen molar-refractivity contribution in [1.29, 1.82) is 0 Å². The minimum absolute atomic E-state index is 0.418. The fourth-order valence-corrected chi connectivity index (χ4v) is 2.19. The van der Waals surface area contributed by atoms with Gasteiger partial charge in [0.2, 0.25) is 5.89 Å². The molecule has 1 aliphatic rings. The van der Waals surface area contributed by atoms with Crippen LogP contribution in [-0.4, -0.2) is 4.98 Å². The molecular weight excluding hydrogens is 248 g/mol. The molecule has 0 atom stereocenters. The fourth-order valence-electron chi connectivity index (χ4n) is 2.06. The van der Waals surface area contributed by atoms with Crippen LogP contribution in [0, 0.1) is 13.5 Å². The Kier molecular flexibility index (Phi) is 2.42. The molecule has 0 spiro atoms. The van der Waals surface area contributed by atoms with Crippen molar-refractivity contribution in [2.45, 2.75) is 25.3 Å². The Morgan fingerprint density at radius 3 is 2.56 bits per heavy atom. The van der Waals surface area contributed by atoms with Crippen molar-refractivity contribution < 1.29 is 4.42 Å². The van der Waals surface area contributed by atoms with E-state index in [9.17, 15) is 0 Å². The Morgan fingerprint density at radius 2 is 2.00 bits per heavy atom. The number of aromatic nitrogens is 1. The van der Waals surface area contributed by atoms with Crippen molar-refractivity contribution in [2.75, 3.05) is 0 Å². The lowest BCUT2D eigenvalue weighted by Crippen LogP contribution is -2.01. The van der Waals surface area contributed by atoms with Crippen LogP contribution in [0.2, 0.25) is 5.02 Å². The van der Waals surface area contributed by atoms with Crippen molar-refractivity contribution in [3.05, 3.63) is 52.2 Å². The molecule has 1 fully saturated rings. The van der Waals surface area contributed by atoms with Crippen molar-refractivity contribution in [3.63, 3.8) is 0 Å². The molecule has 0 amide bonds. The number of hydrogen-bond acceptors (Lipinski definition) is 2. The number of hydrogen-bond donors (Lipinski definition) is 0. The molecule has 0 aliphatic heterocycles. The van der Waals surface area contributed by atoms with Crippen LogP contribution in [0.25, 0.3) is 16.3 Å². The molecule has 1 aromatic carbocycles. The average Bonchev–Trinajstić information content (AvgIpc) is 3.08. The molecule has 2 aromatic rings. The average molecular weight is 259 g/mol. The third-order valence-electron chi connectivity index (χ3n) is 3.27. The Morgan fingerprint density at radius 1 is 1.33 bits per heavy atom. The third kappa shape index (κ3) is 1.70. The maximum atomic E-state index is 7.27. The van der Waals surface area contributed by atoms with Crippen LogP contribution in [0.4, 0.5) is 0 Å². The van der Waals surface area contributed by atoms with Gasteiger partial charge in [-0.25, -0.2) is 11.6 Å². The summed E-state index contributed by atoms with van der Waals surface area (Å²) in [6.45, 7) is 9.14. The van der Waals surface area contributed by atoms with Gasteiger partial charge >= 0.3 is 0 Å². The molecule has 0 unspecified atom stereocenters. The summed E-state index contributed by atoms with van der Waals surface area (Å²) in [7, 11) is 0. The number of benzene rings is 1. The minimum atomic E-state index is -0.418. The van der Waals surface area contributed by atoms with Gasteiger partial charge in [0.1, 0.15) is 5.76 Å². The van der Waals surface area contributed by atoms with Gasteiger partial charge in [0, 0.05) is 23.4 Å². The molecule has 1 saturated carbocycles. The van der Waals surface area contributed by atoms with Gasteiger partial charge < -0.3 is 9.26 Å². The van der Waals surface area contributed by atoms with Gasteiger partial charge in [0.05, 0.1) is 0 Å². The maximum absolute atomic E-state index is 7.27. The number of oxazole rings is 1. The summed E-state index contributed by atoms with van der Waals surface area (Å²) < 4.78 is 5.67. The van der Waals surface area contributed by atoms with Gasteiger partial charge in [-0.05, 0) is 31.2 Å². The lowest BCUT2D eigenvalue weighted by atomic mass is 10.1. The lowest BCUT2D eigenvalue weighted by molar-refractivity contribution is 0.537. The van der Waals surface area contributed by atoms with Gasteiger partial charge in [-0.2, -0.15) is 0 Å². The summed E-state index contributed by atoms with van der Waals surface area (Å²) in [4.78, 5) is 8.18. The topological polar surface area (TPSA) is 30.4 Å². The van der Waals surface area contributed by atoms with Crippen LogP contribution in [-0.2, 0) is 5.54 Å². The highest BCUT2D eigenvalue weighted by Crippen LogP contribution is 2.50. The van der Waals surface area contributed by atoms with E-state index in [4.69, 9.17) is 22.6 Å². The Labute approximate surface area is 110 Å². The molecule has 0 bridgehead atoms. The smallest absolute Gasteiger partial charge is 0.278 e. The predicted molar refractivity (Wildman–Crippen MR) is 69.2 cm³/mol. The molecule has 18 heavy (non-hydrogen) atoms. The number of nitrogens with zero attached hydrogens (tertiary/aromatic N) is 2. The first kappa shape index (κ1) is 11.3. The number of rotatable bonds is 2. The molecule has 1 heterocycles. The van der Waals surface area contributed by atoms with Crippen LogP contribution in [0.15, 0.2) is 28.7 Å². The molecule has 1 aromatic heterocycles. The van der Waals surface area contributed by atoms with E-state index in [2.05, 4.69) is 9.83 Å². The first-order valence-electron chi connectivity index (χ1n) is 5.77. The second-order valence-electron chi connectivity index (χ2n) is 4.57. The third-order valence-corrected chi connectivity index (χ3v) is 3.52. The molecule has 0 radical (unpaired) electrons. The molecular formula is C14H11ClN2O. The van der Waals surface area contributed by atoms with E-state index in [0.717, 1.165) is 29.9 Å². The number of aryl methyl sites for hydroxylation is 1. The molecule has 4 heteroatoms. The van der Waals surface area contributed by atoms with E-state index < -0.39 is 5.54 Å². The van der Waals surface area contributed by atoms with Gasteiger partial charge in [-0.3, -0.25) is 0 Å². The van der Waals surface area contributed by atoms with Crippen LogP contribution < -0.4 is 0 Å². The van der Waals surface area contributed by atoms with E-state index in [-0.39, 0.29) is 0 Å². The van der Waals surface area contributed by atoms with E-state index in [1.807, 2.05) is 19.1 Å². The Hall–Kier alpha value is -1.79. The van der Waals surface area contributed by atoms with Crippen LogP contribution >= 0.6 is 11.6 Å². The molecule has 0 saturated heterocycles. The summed E-state index contributed by atoms with van der Waals surface area (Å²) in [5, 5.41) is 0.682. The number of halogens is 1. The summed E-state index contributed by atoms with van der Waals surface area (Å²) >= 11 is 5.85. The zero-order valence-electron chi connectivity index (χ0n) is 9.90. The van der Waals surface area contributed by atoms with E-state index in [1.165, 1.54) is 0 Å². The molecule has 90 valence electrons. The Balaban J connectivity index is 2.03. The summed E-state index contributed by atoms with van der Waals surface area (Å²) in [6, 6.07) is 7.35. The van der Waals surface area contributed by atoms with Gasteiger partial charge in [-0.1, -0.05) is 11.6 Å². The van der Waals surface area contributed by atoms with E-state index in [1.54, 1.807) is 12.1 Å². The monoisotopic (exact) mass is 258 g/mol. The van der Waals surface area contributed by atoms with Crippen LogP contribution in [0.5, 0.6) is 0 Å². The molecule has 3 rings (SSSR count). The fraction of sp³-hybridized carbons (Fsp3) is 0.286. The van der Waals surface area contributed by atoms with E-state index >= 15 is 0 Å². The standard InChI is InChI=1S/C14H11ClN2O/c1-9-12(14(16-2)7-8-14)17-13(18-9)10-3-5-11(15)6-4-10/h3-6H,7-8H2,1H3. The summed E-state index contributed by atoms with van der Waals surface area (Å²) in [5.41, 5.74) is 1.26. The van der Waals surface area contributed by atoms with Crippen molar-refractivity contribution in [1.82, 2.24) is 4.98 Å². The minimum Gasteiger partial charge on any atom is -0.441 e. The van der Waals surface area contributed by atoms with Gasteiger partial charge in [-0.15, -0.1) is 0 Å². The van der Waals surface area contributed by atoms with Crippen molar-refractivity contribution in [2.24, 2.45) is 0 Å². The highest BCUT2D eigenvalue weighted by molar-refractivity contribution is 6.30. The normalized spacial score (nSPS) is 16.3. The SMILES string of the molecule is [C-]#[N+]C1(c2nc(-c3ccc(Cl)cc3)oc2C)CC1. The van der Waals surface area contributed by atoms with Gasteiger partial charge in [0.25, 0.3) is 5.54 Å². The summed E-state index contributed by atoms with van der Waals surface area (Å²) in [6.07, 6.45) is 1.76. The predicted octanol–water partition coefficient (Wildman–Crippen LogP) is 4.21. The van der Waals surface area contributed by atoms with Crippen molar-refractivity contribution >= 4 is 11.6 Å². The zero-order valence-corrected chi connectivity index (χ0v) is 10.7. The quantitative estimate of drug-likeness (QED) is 0.756. The Bertz CT molecular complexity index is 633. The van der Waals surface area contributed by atoms with Crippen molar-refractivity contribution in [3.8, 4) is 11.5 Å². The van der Waals surface area contributed by atoms with E-state index in [0.29, 0.717) is 10.9 Å². The molecule has 1 aliphatic carbocycles.